The molecule has 2 bridgehead atoms. The zero-order valence-electron chi connectivity index (χ0n) is 11.8. The number of hydrazine groups is 1. The van der Waals surface area contributed by atoms with Crippen LogP contribution in [0.2, 0.25) is 0 Å². The molecule has 4 unspecified atom stereocenters. The molecule has 2 nitrogen and oxygen atoms in total. The first-order valence-electron chi connectivity index (χ1n) is 7.80. The number of hydrogen-bond acceptors (Lipinski definition) is 2. The summed E-state index contributed by atoms with van der Waals surface area (Å²) in [4.78, 5) is 0. The van der Waals surface area contributed by atoms with E-state index in [0.717, 1.165) is 17.8 Å². The Kier molecular flexibility index (Phi) is 3.01. The van der Waals surface area contributed by atoms with Crippen molar-refractivity contribution in [1.82, 2.24) is 5.43 Å². The van der Waals surface area contributed by atoms with Gasteiger partial charge in [0.1, 0.15) is 0 Å². The van der Waals surface area contributed by atoms with Crippen LogP contribution in [0.1, 0.15) is 37.3 Å². The summed E-state index contributed by atoms with van der Waals surface area (Å²) in [6.45, 7) is 0. The van der Waals surface area contributed by atoms with E-state index in [-0.39, 0.29) is 0 Å². The molecule has 2 heteroatoms. The zero-order valence-corrected chi connectivity index (χ0v) is 11.8. The van der Waals surface area contributed by atoms with Crippen LogP contribution < -0.4 is 11.3 Å². The van der Waals surface area contributed by atoms with Crippen molar-refractivity contribution in [3.63, 3.8) is 0 Å². The van der Waals surface area contributed by atoms with E-state index in [1.165, 1.54) is 42.0 Å². The molecule has 20 heavy (non-hydrogen) atoms. The molecule has 4 rings (SSSR count). The van der Waals surface area contributed by atoms with Gasteiger partial charge in [0.15, 0.2) is 0 Å². The number of rotatable bonds is 3. The Balaban J connectivity index is 1.68. The van der Waals surface area contributed by atoms with Gasteiger partial charge in [0.25, 0.3) is 0 Å². The first-order valence-corrected chi connectivity index (χ1v) is 7.80. The molecule has 0 aliphatic heterocycles. The summed E-state index contributed by atoms with van der Waals surface area (Å²) < 4.78 is 0. The second kappa shape index (κ2) is 4.87. The summed E-state index contributed by atoms with van der Waals surface area (Å²) in [6, 6.07) is 15.7. The van der Waals surface area contributed by atoms with Crippen molar-refractivity contribution in [3.8, 4) is 0 Å². The molecular formula is C18H22N2. The predicted molar refractivity (Wildman–Crippen MR) is 83.0 cm³/mol. The lowest BCUT2D eigenvalue weighted by Gasteiger charge is -2.30. The topological polar surface area (TPSA) is 38.0 Å². The number of nitrogens with one attached hydrogen (secondary N) is 1. The number of hydrogen-bond donors (Lipinski definition) is 2. The molecule has 3 N–H and O–H groups in total. The van der Waals surface area contributed by atoms with Crippen LogP contribution in [-0.2, 0) is 0 Å². The lowest BCUT2D eigenvalue weighted by molar-refractivity contribution is 0.252. The van der Waals surface area contributed by atoms with Gasteiger partial charge in [0.2, 0.25) is 0 Å². The fourth-order valence-corrected chi connectivity index (χ4v) is 4.57. The average molecular weight is 266 g/mol. The molecule has 0 saturated heterocycles. The lowest BCUT2D eigenvalue weighted by atomic mass is 9.80. The maximum absolute atomic E-state index is 5.91. The van der Waals surface area contributed by atoms with Crippen LogP contribution in [0.5, 0.6) is 0 Å². The summed E-state index contributed by atoms with van der Waals surface area (Å²) in [7, 11) is 0. The molecular weight excluding hydrogens is 244 g/mol. The fraction of sp³-hybridized carbons (Fsp3) is 0.444. The molecule has 2 fully saturated rings. The van der Waals surface area contributed by atoms with Crippen LogP contribution in [0.3, 0.4) is 0 Å². The summed E-state index contributed by atoms with van der Waals surface area (Å²) in [5, 5.41) is 2.62. The molecule has 0 heterocycles. The Hall–Kier alpha value is -1.38. The molecule has 4 atom stereocenters. The second-order valence-corrected chi connectivity index (χ2v) is 6.59. The molecule has 0 amide bonds. The highest BCUT2D eigenvalue weighted by molar-refractivity contribution is 5.83. The van der Waals surface area contributed by atoms with Gasteiger partial charge in [0.05, 0.1) is 0 Å². The number of nitrogens with two attached hydrogens (primary N) is 1. The van der Waals surface area contributed by atoms with Crippen molar-refractivity contribution in [1.29, 1.82) is 0 Å². The van der Waals surface area contributed by atoms with Crippen LogP contribution in [0.15, 0.2) is 42.5 Å². The summed E-state index contributed by atoms with van der Waals surface area (Å²) in [5.74, 6) is 8.47. The highest BCUT2D eigenvalue weighted by Crippen LogP contribution is 2.52. The standard InChI is InChI=1S/C18H22N2/c19-20-18(17-10-12-5-6-15(17)9-12)16-8-7-13-3-1-2-4-14(13)11-16/h1-4,7-8,11-12,15,17-18,20H,5-6,9-10,19H2. The molecule has 2 aromatic carbocycles. The first kappa shape index (κ1) is 12.4. The van der Waals surface area contributed by atoms with E-state index in [9.17, 15) is 0 Å². The van der Waals surface area contributed by atoms with Crippen molar-refractivity contribution in [2.75, 3.05) is 0 Å². The Morgan fingerprint density at radius 3 is 2.55 bits per heavy atom. The summed E-state index contributed by atoms with van der Waals surface area (Å²) in [6.07, 6.45) is 5.63. The number of benzene rings is 2. The van der Waals surface area contributed by atoms with Crippen molar-refractivity contribution in [2.24, 2.45) is 23.6 Å². The van der Waals surface area contributed by atoms with Gasteiger partial charge in [0, 0.05) is 6.04 Å². The number of fused-ring (bicyclic) bond motifs is 3. The third kappa shape index (κ3) is 1.95. The second-order valence-electron chi connectivity index (χ2n) is 6.59. The molecule has 0 aromatic heterocycles. The van der Waals surface area contributed by atoms with E-state index in [1.807, 2.05) is 0 Å². The maximum atomic E-state index is 5.91. The van der Waals surface area contributed by atoms with Crippen LogP contribution in [0.4, 0.5) is 0 Å². The van der Waals surface area contributed by atoms with E-state index < -0.39 is 0 Å². The Morgan fingerprint density at radius 1 is 1.00 bits per heavy atom. The van der Waals surface area contributed by atoms with Gasteiger partial charge in [-0.25, -0.2) is 0 Å². The van der Waals surface area contributed by atoms with Crippen molar-refractivity contribution in [3.05, 3.63) is 48.0 Å². The van der Waals surface area contributed by atoms with Gasteiger partial charge < -0.3 is 0 Å². The first-order chi connectivity index (χ1) is 9.85. The normalized spacial score (nSPS) is 29.9. The van der Waals surface area contributed by atoms with E-state index in [2.05, 4.69) is 47.9 Å². The Labute approximate surface area is 120 Å². The van der Waals surface area contributed by atoms with Crippen molar-refractivity contribution in [2.45, 2.75) is 31.7 Å². The van der Waals surface area contributed by atoms with Crippen LogP contribution >= 0.6 is 0 Å². The summed E-state index contributed by atoms with van der Waals surface area (Å²) in [5.41, 5.74) is 4.46. The van der Waals surface area contributed by atoms with Gasteiger partial charge in [-0.2, -0.15) is 0 Å². The molecule has 2 aliphatic rings. The third-order valence-electron chi connectivity index (χ3n) is 5.53. The highest BCUT2D eigenvalue weighted by atomic mass is 15.2. The molecule has 2 aliphatic carbocycles. The minimum Gasteiger partial charge on any atom is -0.271 e. The zero-order chi connectivity index (χ0) is 13.5. The maximum Gasteiger partial charge on any atom is 0.0491 e. The van der Waals surface area contributed by atoms with Crippen LogP contribution in [-0.4, -0.2) is 0 Å². The molecule has 2 saturated carbocycles. The minimum absolute atomic E-state index is 0.315. The fourth-order valence-electron chi connectivity index (χ4n) is 4.57. The van der Waals surface area contributed by atoms with E-state index in [4.69, 9.17) is 5.84 Å². The van der Waals surface area contributed by atoms with Gasteiger partial charge in [-0.15, -0.1) is 0 Å². The van der Waals surface area contributed by atoms with Crippen molar-refractivity contribution < 1.29 is 0 Å². The Bertz CT molecular complexity index is 622. The molecule has 0 radical (unpaired) electrons. The molecule has 0 spiro atoms. The summed E-state index contributed by atoms with van der Waals surface area (Å²) >= 11 is 0. The molecule has 104 valence electrons. The molecule has 2 aromatic rings. The average Bonchev–Trinajstić information content (AvgIpc) is 3.11. The van der Waals surface area contributed by atoms with Gasteiger partial charge >= 0.3 is 0 Å². The van der Waals surface area contributed by atoms with E-state index in [1.54, 1.807) is 0 Å². The third-order valence-corrected chi connectivity index (χ3v) is 5.53. The predicted octanol–water partition coefficient (Wildman–Crippen LogP) is 3.78. The SMILES string of the molecule is NNC(c1ccc2ccccc2c1)C1CC2CCC1C2. The Morgan fingerprint density at radius 2 is 1.85 bits per heavy atom. The monoisotopic (exact) mass is 266 g/mol. The van der Waals surface area contributed by atoms with Gasteiger partial charge in [-0.3, -0.25) is 11.3 Å². The van der Waals surface area contributed by atoms with E-state index in [0.29, 0.717) is 6.04 Å². The van der Waals surface area contributed by atoms with Crippen LogP contribution in [0.25, 0.3) is 10.8 Å². The van der Waals surface area contributed by atoms with Gasteiger partial charge in [-0.1, -0.05) is 42.8 Å². The lowest BCUT2D eigenvalue weighted by Crippen LogP contribution is -2.35. The highest BCUT2D eigenvalue weighted by Gasteiger charge is 2.43. The largest absolute Gasteiger partial charge is 0.271 e. The smallest absolute Gasteiger partial charge is 0.0491 e. The minimum atomic E-state index is 0.315. The van der Waals surface area contributed by atoms with E-state index >= 15 is 0 Å². The van der Waals surface area contributed by atoms with Crippen LogP contribution in [0, 0.1) is 17.8 Å². The van der Waals surface area contributed by atoms with Gasteiger partial charge in [-0.05, 0) is 59.4 Å². The quantitative estimate of drug-likeness (QED) is 0.655. The van der Waals surface area contributed by atoms with Crippen molar-refractivity contribution >= 4 is 10.8 Å².